The van der Waals surface area contributed by atoms with Crippen molar-refractivity contribution in [1.29, 1.82) is 0 Å². The molecule has 2 saturated carbocycles. The Balaban J connectivity index is 1.75. The number of rotatable bonds is 5. The minimum Gasteiger partial charge on any atom is -0.377 e. The quantitative estimate of drug-likeness (QED) is 0.902. The molecule has 2 fully saturated rings. The van der Waals surface area contributed by atoms with Crippen LogP contribution in [0.5, 0.6) is 0 Å². The maximum absolute atomic E-state index is 12.5. The van der Waals surface area contributed by atoms with Crippen molar-refractivity contribution in [2.45, 2.75) is 64.5 Å². The molecular weight excluding hydrogens is 286 g/mol. The van der Waals surface area contributed by atoms with E-state index in [9.17, 15) is 4.79 Å². The zero-order valence-corrected chi connectivity index (χ0v) is 13.4. The Labute approximate surface area is 130 Å². The monoisotopic (exact) mass is 309 g/mol. The molecule has 21 heavy (non-hydrogen) atoms. The van der Waals surface area contributed by atoms with E-state index in [4.69, 9.17) is 11.6 Å². The molecule has 2 atom stereocenters. The highest BCUT2D eigenvalue weighted by molar-refractivity contribution is 6.33. The maximum Gasteiger partial charge on any atom is 0.291 e. The lowest BCUT2D eigenvalue weighted by atomic mass is 9.84. The van der Waals surface area contributed by atoms with Crippen molar-refractivity contribution >= 4 is 17.3 Å². The van der Waals surface area contributed by atoms with Gasteiger partial charge in [-0.2, -0.15) is 5.10 Å². The summed E-state index contributed by atoms with van der Waals surface area (Å²) in [5.41, 5.74) is 0.488. The van der Waals surface area contributed by atoms with Gasteiger partial charge in [0, 0.05) is 12.6 Å². The second-order valence-corrected chi connectivity index (χ2v) is 6.99. The first kappa shape index (κ1) is 14.9. The van der Waals surface area contributed by atoms with Crippen LogP contribution in [0, 0.1) is 11.8 Å². The summed E-state index contributed by atoms with van der Waals surface area (Å²) in [6, 6.07) is 0.366. The van der Waals surface area contributed by atoms with E-state index in [0.717, 1.165) is 25.3 Å². The third kappa shape index (κ3) is 3.60. The molecule has 1 aromatic heterocycles. The van der Waals surface area contributed by atoms with E-state index in [1.54, 1.807) is 10.9 Å². The van der Waals surface area contributed by atoms with Crippen LogP contribution in [0.2, 0.25) is 5.02 Å². The van der Waals surface area contributed by atoms with Crippen LogP contribution in [0.25, 0.3) is 0 Å². The second-order valence-electron chi connectivity index (χ2n) is 6.58. The van der Waals surface area contributed by atoms with Crippen LogP contribution in [-0.4, -0.2) is 15.8 Å². The summed E-state index contributed by atoms with van der Waals surface area (Å²) in [6.45, 7) is 2.97. The van der Waals surface area contributed by atoms with Gasteiger partial charge in [0.2, 0.25) is 0 Å². The van der Waals surface area contributed by atoms with Crippen LogP contribution in [0.1, 0.15) is 51.9 Å². The minimum atomic E-state index is -0.0620. The molecule has 0 aromatic carbocycles. The van der Waals surface area contributed by atoms with Gasteiger partial charge >= 0.3 is 0 Å². The summed E-state index contributed by atoms with van der Waals surface area (Å²) in [4.78, 5) is 12.5. The minimum absolute atomic E-state index is 0.0620. The van der Waals surface area contributed by atoms with Crippen molar-refractivity contribution < 1.29 is 0 Å². The van der Waals surface area contributed by atoms with E-state index in [1.807, 2.05) is 0 Å². The van der Waals surface area contributed by atoms with Gasteiger partial charge in [-0.15, -0.1) is 0 Å². The fourth-order valence-electron chi connectivity index (χ4n) is 3.27. The molecule has 4 nitrogen and oxygen atoms in total. The summed E-state index contributed by atoms with van der Waals surface area (Å²) in [5.74, 6) is 1.40. The average Bonchev–Trinajstić information content (AvgIpc) is 3.31. The Morgan fingerprint density at radius 1 is 1.33 bits per heavy atom. The largest absolute Gasteiger partial charge is 0.377 e. The highest BCUT2D eigenvalue weighted by Gasteiger charge is 2.25. The van der Waals surface area contributed by atoms with Crippen molar-refractivity contribution in [2.75, 3.05) is 5.32 Å². The Bertz CT molecular complexity index is 553. The standard InChI is InChI=1S/C16H24ClN3O/c1-2-11-4-3-5-13(8-11)19-15-14(17)9-18-20(16(15)21)10-12-6-7-12/h9,11-13,19H,2-8,10H2,1H3. The fourth-order valence-corrected chi connectivity index (χ4v) is 3.45. The summed E-state index contributed by atoms with van der Waals surface area (Å²) in [6.07, 6.45) is 10.0. The molecule has 2 aliphatic carbocycles. The van der Waals surface area contributed by atoms with E-state index in [-0.39, 0.29) is 5.56 Å². The Kier molecular flexibility index (Phi) is 4.53. The third-order valence-electron chi connectivity index (χ3n) is 4.83. The lowest BCUT2D eigenvalue weighted by Gasteiger charge is -2.29. The van der Waals surface area contributed by atoms with Crippen molar-refractivity contribution in [3.05, 3.63) is 21.6 Å². The van der Waals surface area contributed by atoms with Crippen molar-refractivity contribution in [3.8, 4) is 0 Å². The smallest absolute Gasteiger partial charge is 0.291 e. The first-order valence-electron chi connectivity index (χ1n) is 8.19. The number of nitrogens with one attached hydrogen (secondary N) is 1. The molecule has 0 amide bonds. The van der Waals surface area contributed by atoms with Gasteiger partial charge in [0.15, 0.2) is 0 Å². The third-order valence-corrected chi connectivity index (χ3v) is 5.12. The first-order valence-corrected chi connectivity index (χ1v) is 8.57. The number of hydrogen-bond acceptors (Lipinski definition) is 3. The van der Waals surface area contributed by atoms with Crippen molar-refractivity contribution in [2.24, 2.45) is 11.8 Å². The topological polar surface area (TPSA) is 46.9 Å². The maximum atomic E-state index is 12.5. The van der Waals surface area contributed by atoms with Gasteiger partial charge in [-0.05, 0) is 37.5 Å². The van der Waals surface area contributed by atoms with Gasteiger partial charge in [-0.3, -0.25) is 4.79 Å². The first-order chi connectivity index (χ1) is 10.2. The van der Waals surface area contributed by atoms with Gasteiger partial charge in [0.1, 0.15) is 5.69 Å². The highest BCUT2D eigenvalue weighted by Crippen LogP contribution is 2.31. The summed E-state index contributed by atoms with van der Waals surface area (Å²) < 4.78 is 1.58. The van der Waals surface area contributed by atoms with Gasteiger partial charge in [0.05, 0.1) is 11.2 Å². The summed E-state index contributed by atoms with van der Waals surface area (Å²) in [5, 5.41) is 8.04. The zero-order valence-electron chi connectivity index (χ0n) is 12.6. The lowest BCUT2D eigenvalue weighted by molar-refractivity contribution is 0.327. The van der Waals surface area contributed by atoms with Crippen molar-refractivity contribution in [3.63, 3.8) is 0 Å². The lowest BCUT2D eigenvalue weighted by Crippen LogP contribution is -2.33. The molecule has 1 aromatic rings. The molecule has 3 rings (SSSR count). The number of aromatic nitrogens is 2. The molecular formula is C16H24ClN3O. The predicted molar refractivity (Wildman–Crippen MR) is 85.9 cm³/mol. The molecule has 2 aliphatic rings. The number of hydrogen-bond donors (Lipinski definition) is 1. The molecule has 0 radical (unpaired) electrons. The molecule has 2 unspecified atom stereocenters. The molecule has 0 aliphatic heterocycles. The van der Waals surface area contributed by atoms with E-state index in [2.05, 4.69) is 17.3 Å². The molecule has 0 spiro atoms. The Morgan fingerprint density at radius 3 is 2.86 bits per heavy atom. The van der Waals surface area contributed by atoms with Crippen LogP contribution in [0.4, 0.5) is 5.69 Å². The molecule has 116 valence electrons. The van der Waals surface area contributed by atoms with Crippen LogP contribution in [-0.2, 0) is 6.54 Å². The van der Waals surface area contributed by atoms with E-state index >= 15 is 0 Å². The van der Waals surface area contributed by atoms with Gasteiger partial charge in [-0.25, -0.2) is 4.68 Å². The van der Waals surface area contributed by atoms with Crippen LogP contribution in [0.3, 0.4) is 0 Å². The average molecular weight is 310 g/mol. The summed E-state index contributed by atoms with van der Waals surface area (Å²) >= 11 is 6.20. The second kappa shape index (κ2) is 6.39. The van der Waals surface area contributed by atoms with Crippen LogP contribution >= 0.6 is 11.6 Å². The van der Waals surface area contributed by atoms with Gasteiger partial charge in [-0.1, -0.05) is 37.8 Å². The molecule has 5 heteroatoms. The van der Waals surface area contributed by atoms with Crippen molar-refractivity contribution in [1.82, 2.24) is 9.78 Å². The van der Waals surface area contributed by atoms with E-state index < -0.39 is 0 Å². The van der Waals surface area contributed by atoms with E-state index in [1.165, 1.54) is 32.1 Å². The highest BCUT2D eigenvalue weighted by atomic mass is 35.5. The fraction of sp³-hybridized carbons (Fsp3) is 0.750. The van der Waals surface area contributed by atoms with Gasteiger partial charge in [0.25, 0.3) is 5.56 Å². The zero-order chi connectivity index (χ0) is 14.8. The molecule has 1 N–H and O–H groups in total. The van der Waals surface area contributed by atoms with Gasteiger partial charge < -0.3 is 5.32 Å². The predicted octanol–water partition coefficient (Wildman–Crippen LogP) is 3.69. The Morgan fingerprint density at radius 2 is 2.14 bits per heavy atom. The number of halogens is 1. The van der Waals surface area contributed by atoms with Crippen LogP contribution < -0.4 is 10.9 Å². The summed E-state index contributed by atoms with van der Waals surface area (Å²) in [7, 11) is 0. The van der Waals surface area contributed by atoms with Crippen LogP contribution in [0.15, 0.2) is 11.0 Å². The molecule has 0 saturated heterocycles. The normalized spacial score (nSPS) is 25.8. The Hall–Kier alpha value is -1.03. The SMILES string of the molecule is CCC1CCCC(Nc2c(Cl)cnn(CC3CC3)c2=O)C1. The number of nitrogens with zero attached hydrogens (tertiary/aromatic N) is 2. The molecule has 0 bridgehead atoms. The number of anilines is 1. The van der Waals surface area contributed by atoms with E-state index in [0.29, 0.717) is 22.7 Å². The molecule has 1 heterocycles.